The van der Waals surface area contributed by atoms with Gasteiger partial charge < -0.3 is 0 Å². The van der Waals surface area contributed by atoms with E-state index in [0.29, 0.717) is 0 Å². The van der Waals surface area contributed by atoms with E-state index >= 15 is 0 Å². The van der Waals surface area contributed by atoms with Gasteiger partial charge >= 0.3 is 0 Å². The molecule has 0 bridgehead atoms. The number of hydrogen-bond acceptors (Lipinski definition) is 1. The molecule has 0 aromatic heterocycles. The van der Waals surface area contributed by atoms with Gasteiger partial charge in [0.15, 0.2) is 0 Å². The Labute approximate surface area is 212 Å². The lowest BCUT2D eigenvalue weighted by Gasteiger charge is -2.17. The molecule has 0 saturated carbocycles. The van der Waals surface area contributed by atoms with Crippen LogP contribution in [0.25, 0.3) is 59.9 Å². The minimum atomic E-state index is 0.964. The molecule has 0 atom stereocenters. The van der Waals surface area contributed by atoms with Crippen LogP contribution in [0, 0.1) is 10.4 Å². The molecular weight excluding hydrogens is 446 g/mol. The standard InChI is InChI=1S/C36H21N/c1-3-11-23-21(9-1)22-10-2-4-12-24(22)29-18-31-30(17-28(23)29)25-13-5-6-14-26(25)33-20-36-34(19-32(31)33)27-15-7-8-16-35(27)37-36/h1-11,13-20H,12H2. The summed E-state index contributed by atoms with van der Waals surface area (Å²) >= 11 is 0. The first-order valence-corrected chi connectivity index (χ1v) is 13.0. The minimum absolute atomic E-state index is 0.964. The zero-order chi connectivity index (χ0) is 24.1. The molecular formula is C36H21N. The van der Waals surface area contributed by atoms with Crippen molar-refractivity contribution in [3.63, 3.8) is 0 Å². The van der Waals surface area contributed by atoms with Crippen LogP contribution >= 0.6 is 0 Å². The number of para-hydroxylation sites is 1. The Bertz CT molecular complexity index is 2430. The highest BCUT2D eigenvalue weighted by Gasteiger charge is 2.16. The number of nitrogens with zero attached hydrogens (tertiary/aromatic N) is 1. The van der Waals surface area contributed by atoms with Gasteiger partial charge in [-0.2, -0.15) is 0 Å². The maximum Gasteiger partial charge on any atom is 0.0722 e. The van der Waals surface area contributed by atoms with Crippen LogP contribution in [0.4, 0.5) is 5.69 Å². The van der Waals surface area contributed by atoms with E-state index < -0.39 is 0 Å². The fourth-order valence-corrected chi connectivity index (χ4v) is 6.76. The fraction of sp³-hybridized carbons (Fsp3) is 0.0278. The van der Waals surface area contributed by atoms with Crippen LogP contribution in [0.5, 0.6) is 0 Å². The van der Waals surface area contributed by atoms with Crippen molar-refractivity contribution in [3.05, 3.63) is 136 Å². The predicted molar refractivity (Wildman–Crippen MR) is 156 cm³/mol. The molecule has 0 amide bonds. The first-order chi connectivity index (χ1) is 18.3. The van der Waals surface area contributed by atoms with Crippen LogP contribution in [-0.2, 0) is 6.42 Å². The second-order valence-electron chi connectivity index (χ2n) is 10.3. The Morgan fingerprint density at radius 2 is 1.08 bits per heavy atom. The summed E-state index contributed by atoms with van der Waals surface area (Å²) in [6, 6.07) is 35.9. The van der Waals surface area contributed by atoms with Crippen LogP contribution in [-0.4, -0.2) is 0 Å². The summed E-state index contributed by atoms with van der Waals surface area (Å²) in [4.78, 5) is 4.98. The van der Waals surface area contributed by atoms with E-state index in [9.17, 15) is 0 Å². The Morgan fingerprint density at radius 3 is 1.92 bits per heavy atom. The summed E-state index contributed by atoms with van der Waals surface area (Å²) in [7, 11) is 0. The molecule has 9 rings (SSSR count). The third kappa shape index (κ3) is 2.51. The number of benzene rings is 7. The van der Waals surface area contributed by atoms with E-state index in [2.05, 4.69) is 115 Å². The quantitative estimate of drug-likeness (QED) is 0.159. The highest BCUT2D eigenvalue weighted by atomic mass is 14.7. The molecule has 0 radical (unpaired) electrons. The maximum atomic E-state index is 4.98. The summed E-state index contributed by atoms with van der Waals surface area (Å²) in [5.74, 6) is 0. The molecule has 0 N–H and O–H groups in total. The van der Waals surface area contributed by atoms with Crippen LogP contribution in [0.3, 0.4) is 0 Å². The second-order valence-corrected chi connectivity index (χ2v) is 10.3. The van der Waals surface area contributed by atoms with E-state index in [1.165, 1.54) is 75.1 Å². The summed E-state index contributed by atoms with van der Waals surface area (Å²) in [5.41, 5.74) is 2.50. The van der Waals surface area contributed by atoms with E-state index in [0.717, 1.165) is 17.5 Å². The number of allylic oxidation sites excluding steroid dienone is 2. The molecule has 1 heteroatoms. The van der Waals surface area contributed by atoms with Gasteiger partial charge in [-0.1, -0.05) is 85.0 Å². The highest BCUT2D eigenvalue weighted by Crippen LogP contribution is 2.41. The first kappa shape index (κ1) is 19.4. The third-order valence-electron chi connectivity index (χ3n) is 8.40. The molecule has 1 aliphatic carbocycles. The van der Waals surface area contributed by atoms with Crippen molar-refractivity contribution in [2.75, 3.05) is 0 Å². The molecule has 0 unspecified atom stereocenters. The Morgan fingerprint density at radius 1 is 0.486 bits per heavy atom. The summed E-state index contributed by atoms with van der Waals surface area (Å²) in [5, 5.41) is 18.1. The number of rotatable bonds is 0. The maximum absolute atomic E-state index is 4.98. The van der Waals surface area contributed by atoms with Crippen molar-refractivity contribution in [1.29, 1.82) is 0 Å². The minimum Gasteiger partial charge on any atom is -0.248 e. The van der Waals surface area contributed by atoms with Gasteiger partial charge in [0.05, 0.1) is 11.0 Å². The largest absolute Gasteiger partial charge is 0.248 e. The van der Waals surface area contributed by atoms with Gasteiger partial charge in [-0.3, -0.25) is 0 Å². The average Bonchev–Trinajstić information content (AvgIpc) is 3.33. The zero-order valence-electron chi connectivity index (χ0n) is 20.1. The summed E-state index contributed by atoms with van der Waals surface area (Å²) in [6.07, 6.45) is 7.74. The molecule has 7 aromatic carbocycles. The van der Waals surface area contributed by atoms with E-state index in [4.69, 9.17) is 4.99 Å². The molecule has 1 aliphatic heterocycles. The Hall–Kier alpha value is -4.75. The molecule has 0 fully saturated rings. The Balaban J connectivity index is 1.58. The molecule has 1 nitrogen and oxygen atoms in total. The van der Waals surface area contributed by atoms with Crippen molar-refractivity contribution in [1.82, 2.24) is 0 Å². The molecule has 1 heterocycles. The van der Waals surface area contributed by atoms with Gasteiger partial charge in [-0.15, -0.1) is 0 Å². The van der Waals surface area contributed by atoms with Crippen molar-refractivity contribution in [2.24, 2.45) is 4.99 Å². The molecule has 0 saturated heterocycles. The lowest BCUT2D eigenvalue weighted by atomic mass is 9.86. The first-order valence-electron chi connectivity index (χ1n) is 13.0. The van der Waals surface area contributed by atoms with Crippen molar-refractivity contribution in [2.45, 2.75) is 6.42 Å². The number of hydrogen-bond donors (Lipinski definition) is 0. The molecule has 37 heavy (non-hydrogen) atoms. The normalized spacial score (nSPS) is 13.6. The molecule has 0 spiro atoms. The van der Waals surface area contributed by atoms with Crippen LogP contribution < -0.4 is 10.6 Å². The van der Waals surface area contributed by atoms with Crippen LogP contribution in [0.1, 0.15) is 5.56 Å². The van der Waals surface area contributed by atoms with Crippen LogP contribution in [0.2, 0.25) is 0 Å². The number of fused-ring (bicyclic) bond motifs is 14. The van der Waals surface area contributed by atoms with Gasteiger partial charge in [-0.25, -0.2) is 4.99 Å². The van der Waals surface area contributed by atoms with Crippen LogP contribution in [0.15, 0.2) is 114 Å². The zero-order valence-corrected chi connectivity index (χ0v) is 20.1. The smallest absolute Gasteiger partial charge is 0.0722 e. The molecule has 170 valence electrons. The topological polar surface area (TPSA) is 12.4 Å². The third-order valence-corrected chi connectivity index (χ3v) is 8.40. The highest BCUT2D eigenvalue weighted by molar-refractivity contribution is 6.29. The predicted octanol–water partition coefficient (Wildman–Crippen LogP) is 7.90. The molecule has 2 aliphatic rings. The molecule has 7 aromatic rings. The van der Waals surface area contributed by atoms with E-state index in [1.807, 2.05) is 0 Å². The average molecular weight is 468 g/mol. The van der Waals surface area contributed by atoms with Gasteiger partial charge in [-0.05, 0) is 101 Å². The van der Waals surface area contributed by atoms with E-state index in [1.54, 1.807) is 0 Å². The van der Waals surface area contributed by atoms with Gasteiger partial charge in [0.1, 0.15) is 0 Å². The van der Waals surface area contributed by atoms with Crippen molar-refractivity contribution < 1.29 is 0 Å². The fourth-order valence-electron chi connectivity index (χ4n) is 6.76. The van der Waals surface area contributed by atoms with Gasteiger partial charge in [0.25, 0.3) is 0 Å². The van der Waals surface area contributed by atoms with E-state index in [-0.39, 0.29) is 0 Å². The summed E-state index contributed by atoms with van der Waals surface area (Å²) < 4.78 is 0. The van der Waals surface area contributed by atoms with Gasteiger partial charge in [0.2, 0.25) is 0 Å². The summed E-state index contributed by atoms with van der Waals surface area (Å²) in [6.45, 7) is 0. The van der Waals surface area contributed by atoms with Crippen molar-refractivity contribution >= 4 is 65.6 Å². The lowest BCUT2D eigenvalue weighted by Crippen LogP contribution is -2.13. The van der Waals surface area contributed by atoms with Gasteiger partial charge in [0, 0.05) is 10.4 Å². The SMILES string of the molecule is C1=CCc2c(c3ccccc3c3cc4c5ccccc5c5cc6c(cc5c4cc23)=c2ccccc2=N6)=C1. The van der Waals surface area contributed by atoms with Crippen molar-refractivity contribution in [3.8, 4) is 0 Å². The Kier molecular flexibility index (Phi) is 3.64. The lowest BCUT2D eigenvalue weighted by molar-refractivity contribution is 1.27. The second kappa shape index (κ2) is 6.93. The monoisotopic (exact) mass is 467 g/mol.